The first-order valence-electron chi connectivity index (χ1n) is 7.51. The first kappa shape index (κ1) is 15.7. The lowest BCUT2D eigenvalue weighted by Gasteiger charge is -2.06. The number of hydrogen-bond acceptors (Lipinski definition) is 4. The van der Waals surface area contributed by atoms with Gasteiger partial charge < -0.3 is 9.47 Å². The summed E-state index contributed by atoms with van der Waals surface area (Å²) in [7, 11) is 3.02. The normalized spacial score (nSPS) is 10.9. The molecule has 4 nitrogen and oxygen atoms in total. The van der Waals surface area contributed by atoms with Crippen LogP contribution in [0.15, 0.2) is 54.6 Å². The number of benzene rings is 2. The van der Waals surface area contributed by atoms with Crippen molar-refractivity contribution >= 4 is 29.0 Å². The maximum Gasteiger partial charge on any atom is 0.338 e. The van der Waals surface area contributed by atoms with E-state index in [1.165, 1.54) is 7.11 Å². The van der Waals surface area contributed by atoms with Gasteiger partial charge >= 0.3 is 5.97 Å². The molecule has 3 rings (SSSR count). The number of esters is 1. The minimum atomic E-state index is -0.368. The first-order chi connectivity index (χ1) is 11.7. The Morgan fingerprint density at radius 2 is 1.75 bits per heavy atom. The van der Waals surface area contributed by atoms with E-state index < -0.39 is 0 Å². The molecule has 0 aliphatic heterocycles. The highest BCUT2D eigenvalue weighted by Gasteiger charge is 2.12. The van der Waals surface area contributed by atoms with Crippen molar-refractivity contribution in [2.75, 3.05) is 14.2 Å². The molecule has 0 saturated carbocycles. The van der Waals surface area contributed by atoms with E-state index in [0.717, 1.165) is 22.2 Å². The second kappa shape index (κ2) is 6.96. The standard InChI is InChI=1S/C20H17NO3/c1-23-16-11-8-14(9-12-16)7-10-15-13-18(20(22)24-2)17-5-3-4-6-19(17)21-15/h3-13H,1-2H3/b10-7+. The number of ether oxygens (including phenoxy) is 2. The molecule has 0 spiro atoms. The molecule has 1 heterocycles. The number of fused-ring (bicyclic) bond motifs is 1. The van der Waals surface area contributed by atoms with Gasteiger partial charge in [0, 0.05) is 5.39 Å². The third-order valence-electron chi connectivity index (χ3n) is 3.70. The lowest BCUT2D eigenvalue weighted by Crippen LogP contribution is -2.03. The van der Waals surface area contributed by atoms with Gasteiger partial charge in [-0.1, -0.05) is 36.4 Å². The molecule has 120 valence electrons. The summed E-state index contributed by atoms with van der Waals surface area (Å²) in [6, 6.07) is 17.0. The van der Waals surface area contributed by atoms with Crippen LogP contribution in [-0.4, -0.2) is 25.2 Å². The van der Waals surface area contributed by atoms with E-state index in [4.69, 9.17) is 9.47 Å². The van der Waals surface area contributed by atoms with Crippen LogP contribution in [0.3, 0.4) is 0 Å². The van der Waals surface area contributed by atoms with E-state index in [2.05, 4.69) is 4.98 Å². The molecule has 0 radical (unpaired) electrons. The molecule has 1 aromatic heterocycles. The molecule has 0 amide bonds. The molecule has 0 aliphatic carbocycles. The fraction of sp³-hybridized carbons (Fsp3) is 0.100. The monoisotopic (exact) mass is 319 g/mol. The fourth-order valence-corrected chi connectivity index (χ4v) is 2.46. The lowest BCUT2D eigenvalue weighted by molar-refractivity contribution is 0.0603. The van der Waals surface area contributed by atoms with Gasteiger partial charge in [-0.3, -0.25) is 0 Å². The van der Waals surface area contributed by atoms with Crippen LogP contribution in [0.5, 0.6) is 5.75 Å². The van der Waals surface area contributed by atoms with Crippen molar-refractivity contribution in [1.29, 1.82) is 0 Å². The van der Waals surface area contributed by atoms with Crippen LogP contribution in [-0.2, 0) is 4.74 Å². The zero-order valence-electron chi connectivity index (χ0n) is 13.5. The van der Waals surface area contributed by atoms with E-state index in [9.17, 15) is 4.79 Å². The van der Waals surface area contributed by atoms with Crippen molar-refractivity contribution < 1.29 is 14.3 Å². The molecular weight excluding hydrogens is 302 g/mol. The molecule has 3 aromatic rings. The Bertz CT molecular complexity index is 898. The summed E-state index contributed by atoms with van der Waals surface area (Å²) >= 11 is 0. The molecular formula is C20H17NO3. The second-order valence-corrected chi connectivity index (χ2v) is 5.21. The van der Waals surface area contributed by atoms with Gasteiger partial charge in [-0.2, -0.15) is 0 Å². The molecule has 2 aromatic carbocycles. The van der Waals surface area contributed by atoms with Gasteiger partial charge in [0.15, 0.2) is 0 Å². The summed E-state index contributed by atoms with van der Waals surface area (Å²) < 4.78 is 10.0. The van der Waals surface area contributed by atoms with Gasteiger partial charge in [-0.25, -0.2) is 9.78 Å². The molecule has 0 N–H and O–H groups in total. The number of methoxy groups -OCH3 is 2. The SMILES string of the molecule is COC(=O)c1cc(/C=C/c2ccc(OC)cc2)nc2ccccc12. The molecule has 0 unspecified atom stereocenters. The Kier molecular flexibility index (Phi) is 4.57. The molecule has 0 fully saturated rings. The Morgan fingerprint density at radius 3 is 2.46 bits per heavy atom. The van der Waals surface area contributed by atoms with Crippen molar-refractivity contribution in [3.63, 3.8) is 0 Å². The van der Waals surface area contributed by atoms with Crippen molar-refractivity contribution in [1.82, 2.24) is 4.98 Å². The van der Waals surface area contributed by atoms with Gasteiger partial charge in [0.25, 0.3) is 0 Å². The molecule has 24 heavy (non-hydrogen) atoms. The summed E-state index contributed by atoms with van der Waals surface area (Å²) in [5.41, 5.74) is 2.99. The van der Waals surface area contributed by atoms with Gasteiger partial charge in [0.05, 0.1) is 31.0 Å². The highest BCUT2D eigenvalue weighted by molar-refractivity contribution is 6.04. The topological polar surface area (TPSA) is 48.4 Å². The summed E-state index contributed by atoms with van der Waals surface area (Å²) in [4.78, 5) is 16.6. The Labute approximate surface area is 140 Å². The van der Waals surface area contributed by atoms with E-state index >= 15 is 0 Å². The number of hydrogen-bond donors (Lipinski definition) is 0. The van der Waals surface area contributed by atoms with Crippen LogP contribution in [0, 0.1) is 0 Å². The number of pyridine rings is 1. The lowest BCUT2D eigenvalue weighted by atomic mass is 10.1. The van der Waals surface area contributed by atoms with E-state index in [1.807, 2.05) is 60.7 Å². The Hall–Kier alpha value is -3.14. The molecule has 0 atom stereocenters. The van der Waals surface area contributed by atoms with Crippen LogP contribution in [0.25, 0.3) is 23.1 Å². The highest BCUT2D eigenvalue weighted by atomic mass is 16.5. The van der Waals surface area contributed by atoms with Crippen molar-refractivity contribution in [2.45, 2.75) is 0 Å². The van der Waals surface area contributed by atoms with Crippen LogP contribution >= 0.6 is 0 Å². The molecule has 0 aliphatic rings. The highest BCUT2D eigenvalue weighted by Crippen LogP contribution is 2.21. The zero-order valence-corrected chi connectivity index (χ0v) is 13.5. The minimum Gasteiger partial charge on any atom is -0.497 e. The number of para-hydroxylation sites is 1. The van der Waals surface area contributed by atoms with Crippen molar-refractivity contribution in [3.05, 3.63) is 71.4 Å². The quantitative estimate of drug-likeness (QED) is 0.676. The third kappa shape index (κ3) is 3.27. The van der Waals surface area contributed by atoms with Gasteiger partial charge in [0.1, 0.15) is 5.75 Å². The van der Waals surface area contributed by atoms with Gasteiger partial charge in [-0.15, -0.1) is 0 Å². The molecule has 0 saturated heterocycles. The molecule has 4 heteroatoms. The maximum absolute atomic E-state index is 12.0. The van der Waals surface area contributed by atoms with Gasteiger partial charge in [0.2, 0.25) is 0 Å². The number of rotatable bonds is 4. The van der Waals surface area contributed by atoms with E-state index in [0.29, 0.717) is 11.3 Å². The van der Waals surface area contributed by atoms with Crippen LogP contribution in [0.4, 0.5) is 0 Å². The smallest absolute Gasteiger partial charge is 0.338 e. The summed E-state index contributed by atoms with van der Waals surface area (Å²) in [5.74, 6) is 0.441. The number of carbonyl (C=O) groups is 1. The Morgan fingerprint density at radius 1 is 1.00 bits per heavy atom. The first-order valence-corrected chi connectivity index (χ1v) is 7.51. The van der Waals surface area contributed by atoms with E-state index in [-0.39, 0.29) is 5.97 Å². The average molecular weight is 319 g/mol. The predicted octanol–water partition coefficient (Wildman–Crippen LogP) is 4.20. The van der Waals surface area contributed by atoms with Gasteiger partial charge in [-0.05, 0) is 35.9 Å². The second-order valence-electron chi connectivity index (χ2n) is 5.21. The Balaban J connectivity index is 1.99. The maximum atomic E-state index is 12.0. The van der Waals surface area contributed by atoms with Crippen LogP contribution in [0.2, 0.25) is 0 Å². The van der Waals surface area contributed by atoms with Crippen molar-refractivity contribution in [2.24, 2.45) is 0 Å². The predicted molar refractivity (Wildman–Crippen MR) is 95.0 cm³/mol. The largest absolute Gasteiger partial charge is 0.497 e. The summed E-state index contributed by atoms with van der Waals surface area (Å²) in [5, 5.41) is 0.783. The number of carbonyl (C=O) groups excluding carboxylic acids is 1. The fourth-order valence-electron chi connectivity index (χ4n) is 2.46. The summed E-state index contributed by atoms with van der Waals surface area (Å²) in [6.45, 7) is 0. The van der Waals surface area contributed by atoms with Crippen LogP contribution < -0.4 is 4.74 Å². The van der Waals surface area contributed by atoms with Crippen molar-refractivity contribution in [3.8, 4) is 5.75 Å². The minimum absolute atomic E-state index is 0.368. The summed E-state index contributed by atoms with van der Waals surface area (Å²) in [6.07, 6.45) is 3.82. The molecule has 0 bridgehead atoms. The number of aromatic nitrogens is 1. The number of nitrogens with zero attached hydrogens (tertiary/aromatic N) is 1. The third-order valence-corrected chi connectivity index (χ3v) is 3.70. The zero-order chi connectivity index (χ0) is 16.9. The average Bonchev–Trinajstić information content (AvgIpc) is 2.65. The van der Waals surface area contributed by atoms with E-state index in [1.54, 1.807) is 13.2 Å². The van der Waals surface area contributed by atoms with Crippen LogP contribution in [0.1, 0.15) is 21.6 Å².